The maximum absolute atomic E-state index is 11.9. The van der Waals surface area contributed by atoms with Gasteiger partial charge in [0.15, 0.2) is 12.6 Å². The second kappa shape index (κ2) is 77.2. The summed E-state index contributed by atoms with van der Waals surface area (Å²) in [7, 11) is 1.30. The van der Waals surface area contributed by atoms with Gasteiger partial charge < -0.3 is 10.9 Å². The molecule has 0 saturated heterocycles. The van der Waals surface area contributed by atoms with E-state index in [9.17, 15) is 9.00 Å². The summed E-state index contributed by atoms with van der Waals surface area (Å²) < 4.78 is 11.8. The lowest BCUT2D eigenvalue weighted by molar-refractivity contribution is -0.122. The number of carbonyl (C=O) groups excluding carboxylic acids is 4. The average molecular weight is 820 g/mol. The minimum atomic E-state index is -0.562. The van der Waals surface area contributed by atoms with Crippen LogP contribution in [0.2, 0.25) is 0 Å². The lowest BCUT2D eigenvalue weighted by Gasteiger charge is -2.31. The van der Waals surface area contributed by atoms with E-state index in [1.165, 1.54) is 51.4 Å². The topological polar surface area (TPSA) is 144 Å². The maximum atomic E-state index is 11.9. The molecule has 1 saturated carbocycles. The van der Waals surface area contributed by atoms with Gasteiger partial charge in [0.2, 0.25) is 0 Å². The number of allylic oxidation sites excluding steroid dienone is 3. The van der Waals surface area contributed by atoms with Crippen molar-refractivity contribution in [2.24, 2.45) is 23.7 Å². The van der Waals surface area contributed by atoms with Crippen molar-refractivity contribution in [3.05, 3.63) is 50.6 Å². The number of nitrogens with one attached hydrogen (secondary N) is 2. The van der Waals surface area contributed by atoms with Crippen LogP contribution < -0.4 is 17.0 Å². The quantitative estimate of drug-likeness (QED) is 0.0641. The first-order chi connectivity index (χ1) is 26.6. The minimum Gasteiger partial charge on any atom is -0.344 e. The van der Waals surface area contributed by atoms with Crippen LogP contribution in [-0.4, -0.2) is 53.4 Å². The van der Waals surface area contributed by atoms with Crippen LogP contribution in [-0.2, 0) is 30.0 Å². The SMILES string of the molecule is C=C.C=CC(C)C(NNC)C1CC=C[C@H]1C(=O)CC.C=CCC.C=O.CC.CC.CC.CC.CCC(C)S(=O)CC1CCCCC1.CCCCC.N.O=CC=O. The molecule has 5 unspecified atom stereocenters. The van der Waals surface area contributed by atoms with Crippen molar-refractivity contribution in [3.8, 4) is 0 Å². The number of hydrazine groups is 1. The van der Waals surface area contributed by atoms with Crippen molar-refractivity contribution in [2.75, 3.05) is 12.8 Å². The molecule has 2 rings (SSSR count). The summed E-state index contributed by atoms with van der Waals surface area (Å²) in [5.41, 5.74) is 6.27. The standard InChI is InChI=1S/C14H24N2O.C11H22OS.C5H12.C4H8.C2H2O2.4C2H6.C2H4.CH2O.H3N/c1-5-10(3)14(16-15-4)12-9-7-8-11(12)13(17)6-2;1-3-10(2)13(12)9-11-7-5-4-6-8-11;1-3-5-4-2;1-3-4-2;3-1-2-4;6*1-2;/h5,7-8,10-12,14-16H,1,6,9H2,2-4H3;10-11H,3-9H2,1-2H3;3-5H2,1-2H3;3H,1,4H2,2H3;1-2H;4*1-2H3;1-2H2;1H2;1H3/t10?,11-,12?,14?;;;;;;;;;;;/m1.........../s1. The fourth-order valence-corrected chi connectivity index (χ4v) is 6.35. The van der Waals surface area contributed by atoms with E-state index in [1.54, 1.807) is 0 Å². The van der Waals surface area contributed by atoms with Crippen molar-refractivity contribution >= 4 is 35.9 Å². The molecule has 0 spiro atoms. The van der Waals surface area contributed by atoms with E-state index in [1.807, 2.05) is 88.3 Å². The van der Waals surface area contributed by atoms with Crippen LogP contribution in [0.1, 0.15) is 181 Å². The van der Waals surface area contributed by atoms with Crippen molar-refractivity contribution in [1.82, 2.24) is 17.0 Å². The molecule has 0 aromatic heterocycles. The molecule has 6 atom stereocenters. The Kier molecular flexibility index (Phi) is 108. The third-order valence-corrected chi connectivity index (χ3v) is 9.87. The number of hydrogen-bond acceptors (Lipinski definition) is 8. The van der Waals surface area contributed by atoms with Gasteiger partial charge in [-0.1, -0.05) is 167 Å². The molecule has 2 aliphatic carbocycles. The predicted molar refractivity (Wildman–Crippen MR) is 257 cm³/mol. The fourth-order valence-electron chi connectivity index (χ4n) is 4.85. The van der Waals surface area contributed by atoms with Gasteiger partial charge >= 0.3 is 0 Å². The summed E-state index contributed by atoms with van der Waals surface area (Å²) in [4.78, 5) is 37.5. The zero-order chi connectivity index (χ0) is 45.5. The fraction of sp³-hybridized carbons (Fsp3) is 0.745. The first-order valence-electron chi connectivity index (χ1n) is 21.5. The van der Waals surface area contributed by atoms with Crippen molar-refractivity contribution in [3.63, 3.8) is 0 Å². The molecular formula is C47H101N3O5S. The van der Waals surface area contributed by atoms with Crippen LogP contribution in [0.3, 0.4) is 0 Å². The van der Waals surface area contributed by atoms with Crippen LogP contribution in [0, 0.1) is 23.7 Å². The molecule has 9 heteroatoms. The summed E-state index contributed by atoms with van der Waals surface area (Å²) in [6, 6.07) is 0.244. The summed E-state index contributed by atoms with van der Waals surface area (Å²) >= 11 is 0. The van der Waals surface area contributed by atoms with E-state index in [0.717, 1.165) is 30.9 Å². The number of aldehydes is 2. The number of rotatable bonds is 15. The largest absolute Gasteiger partial charge is 0.344 e. The first-order valence-corrected chi connectivity index (χ1v) is 22.9. The highest BCUT2D eigenvalue weighted by Crippen LogP contribution is 2.33. The number of ketones is 1. The van der Waals surface area contributed by atoms with E-state index in [0.29, 0.717) is 29.3 Å². The number of Topliss-reactive ketones (excluding diaryl/α,β-unsaturated/α-hetero) is 1. The van der Waals surface area contributed by atoms with E-state index in [4.69, 9.17) is 14.4 Å². The van der Waals surface area contributed by atoms with Crippen LogP contribution in [0.5, 0.6) is 0 Å². The van der Waals surface area contributed by atoms with Crippen LogP contribution in [0.25, 0.3) is 0 Å². The molecule has 8 nitrogen and oxygen atoms in total. The minimum absolute atomic E-state index is 0. The highest BCUT2D eigenvalue weighted by atomic mass is 32.2. The molecular weight excluding hydrogens is 719 g/mol. The highest BCUT2D eigenvalue weighted by Gasteiger charge is 2.35. The molecule has 0 aliphatic heterocycles. The van der Waals surface area contributed by atoms with Gasteiger partial charge in [-0.05, 0) is 56.9 Å². The van der Waals surface area contributed by atoms with Gasteiger partial charge in [-0.15, -0.1) is 26.3 Å². The van der Waals surface area contributed by atoms with Crippen LogP contribution in [0.4, 0.5) is 0 Å². The van der Waals surface area contributed by atoms with Crippen LogP contribution in [0.15, 0.2) is 50.6 Å². The first kappa shape index (κ1) is 78.1. The molecule has 0 bridgehead atoms. The molecule has 0 aromatic carbocycles. The van der Waals surface area contributed by atoms with Crippen molar-refractivity contribution in [1.29, 1.82) is 0 Å². The average Bonchev–Trinajstić information content (AvgIpc) is 3.77. The van der Waals surface area contributed by atoms with Gasteiger partial charge in [0, 0.05) is 40.2 Å². The Morgan fingerprint density at radius 1 is 0.839 bits per heavy atom. The summed E-state index contributed by atoms with van der Waals surface area (Å²) in [5.74, 6) is 2.80. The molecule has 340 valence electrons. The lowest BCUT2D eigenvalue weighted by atomic mass is 9.80. The van der Waals surface area contributed by atoms with Gasteiger partial charge in [0.1, 0.15) is 12.6 Å². The Bertz CT molecular complexity index is 780. The zero-order valence-electron chi connectivity index (χ0n) is 40.3. The lowest BCUT2D eigenvalue weighted by Crippen LogP contribution is -2.48. The summed E-state index contributed by atoms with van der Waals surface area (Å²) in [5, 5.41) is 0.405. The number of hydrogen-bond donors (Lipinski definition) is 3. The molecule has 0 heterocycles. The van der Waals surface area contributed by atoms with E-state index >= 15 is 0 Å². The Hall–Kier alpha value is -2.33. The Morgan fingerprint density at radius 2 is 1.27 bits per heavy atom. The molecule has 0 radical (unpaired) electrons. The van der Waals surface area contributed by atoms with E-state index < -0.39 is 10.8 Å². The second-order valence-corrected chi connectivity index (χ2v) is 13.2. The smallest absolute Gasteiger partial charge is 0.182 e. The molecule has 2 aliphatic rings. The predicted octanol–water partition coefficient (Wildman–Crippen LogP) is 13.2. The highest BCUT2D eigenvalue weighted by molar-refractivity contribution is 7.85. The zero-order valence-corrected chi connectivity index (χ0v) is 41.1. The Morgan fingerprint density at radius 3 is 1.55 bits per heavy atom. The third-order valence-electron chi connectivity index (χ3n) is 7.84. The van der Waals surface area contributed by atoms with Gasteiger partial charge in [-0.25, -0.2) is 0 Å². The normalized spacial score (nSPS) is 15.9. The Balaban J connectivity index is -0.0000000600. The number of unbranched alkanes of at least 4 members (excludes halogenated alkanes) is 2. The Labute approximate surface area is 354 Å². The third kappa shape index (κ3) is 56.0. The second-order valence-electron chi connectivity index (χ2n) is 11.3. The maximum Gasteiger partial charge on any atom is 0.182 e. The van der Waals surface area contributed by atoms with Crippen LogP contribution >= 0.6 is 0 Å². The van der Waals surface area contributed by atoms with Crippen molar-refractivity contribution in [2.45, 2.75) is 192 Å². The molecule has 56 heavy (non-hydrogen) atoms. The molecule has 0 aromatic rings. The molecule has 1 fully saturated rings. The van der Waals surface area contributed by atoms with Gasteiger partial charge in [0.05, 0.1) is 0 Å². The van der Waals surface area contributed by atoms with Crippen molar-refractivity contribution < 1.29 is 23.4 Å². The van der Waals surface area contributed by atoms with Gasteiger partial charge in [-0.2, -0.15) is 0 Å². The summed E-state index contributed by atoms with van der Waals surface area (Å²) in [6.07, 6.45) is 23.0. The van der Waals surface area contributed by atoms with Gasteiger partial charge in [-0.3, -0.25) is 29.4 Å². The monoisotopic (exact) mass is 820 g/mol. The molecule has 0 amide bonds. The molecule has 5 N–H and O–H groups in total. The number of carbonyl (C=O) groups is 4. The summed E-state index contributed by atoms with van der Waals surface area (Å²) in [6.45, 7) is 46.1. The van der Waals surface area contributed by atoms with Gasteiger partial charge in [0.25, 0.3) is 0 Å². The van der Waals surface area contributed by atoms with E-state index in [-0.39, 0.29) is 30.7 Å². The van der Waals surface area contributed by atoms with E-state index in [2.05, 4.69) is 90.9 Å².